The van der Waals surface area contributed by atoms with Gasteiger partial charge < -0.3 is 25.0 Å². The number of methoxy groups -OCH3 is 1. The number of ether oxygens (including phenoxy) is 2. The van der Waals surface area contributed by atoms with Crippen molar-refractivity contribution >= 4 is 11.9 Å². The summed E-state index contributed by atoms with van der Waals surface area (Å²) >= 11 is 0. The van der Waals surface area contributed by atoms with Crippen LogP contribution in [0.4, 0.5) is 4.79 Å². The second-order valence-corrected chi connectivity index (χ2v) is 7.90. The lowest BCUT2D eigenvalue weighted by atomic mass is 9.90. The van der Waals surface area contributed by atoms with E-state index in [1.165, 1.54) is 5.56 Å². The summed E-state index contributed by atoms with van der Waals surface area (Å²) in [6.45, 7) is 4.03. The first-order valence-corrected chi connectivity index (χ1v) is 10.7. The van der Waals surface area contributed by atoms with Crippen molar-refractivity contribution in [1.82, 2.24) is 15.5 Å². The molecule has 2 saturated heterocycles. The predicted octanol–water partition coefficient (Wildman–Crippen LogP) is 2.21. The Morgan fingerprint density at radius 1 is 1.14 bits per heavy atom. The molecule has 2 fully saturated rings. The Balaban J connectivity index is 1.37. The first-order valence-electron chi connectivity index (χ1n) is 10.7. The third-order valence-corrected chi connectivity index (χ3v) is 5.74. The first-order chi connectivity index (χ1) is 14.2. The molecule has 0 aromatic heterocycles. The van der Waals surface area contributed by atoms with Gasteiger partial charge >= 0.3 is 6.03 Å². The van der Waals surface area contributed by atoms with Crippen LogP contribution < -0.4 is 10.6 Å². The Bertz CT molecular complexity index is 651. The van der Waals surface area contributed by atoms with Gasteiger partial charge in [-0.1, -0.05) is 12.1 Å². The van der Waals surface area contributed by atoms with Crippen molar-refractivity contribution in [2.75, 3.05) is 46.5 Å². The van der Waals surface area contributed by atoms with Crippen LogP contribution in [-0.2, 0) is 15.9 Å². The second kappa shape index (κ2) is 11.2. The molecule has 1 atom stereocenters. The molecule has 7 nitrogen and oxygen atoms in total. The summed E-state index contributed by atoms with van der Waals surface area (Å²) in [6.07, 6.45) is 5.30. The summed E-state index contributed by atoms with van der Waals surface area (Å²) in [5.74, 6) is 0.495. The third kappa shape index (κ3) is 6.72. The number of benzene rings is 1. The van der Waals surface area contributed by atoms with Crippen molar-refractivity contribution in [1.29, 1.82) is 0 Å². The Kier molecular flexibility index (Phi) is 8.31. The fourth-order valence-corrected chi connectivity index (χ4v) is 3.95. The van der Waals surface area contributed by atoms with Crippen LogP contribution in [0.15, 0.2) is 24.3 Å². The van der Waals surface area contributed by atoms with Gasteiger partial charge in [-0.05, 0) is 55.7 Å². The largest absolute Gasteiger partial charge is 0.383 e. The minimum atomic E-state index is -0.0732. The van der Waals surface area contributed by atoms with E-state index in [9.17, 15) is 9.59 Å². The topological polar surface area (TPSA) is 79.9 Å². The molecule has 3 rings (SSSR count). The van der Waals surface area contributed by atoms with Gasteiger partial charge in [0.25, 0.3) is 5.91 Å². The maximum absolute atomic E-state index is 12.3. The average Bonchev–Trinajstić information content (AvgIpc) is 3.27. The quantitative estimate of drug-likeness (QED) is 0.652. The molecular weight excluding hydrogens is 370 g/mol. The highest BCUT2D eigenvalue weighted by atomic mass is 16.5. The molecule has 0 aliphatic carbocycles. The lowest BCUT2D eigenvalue weighted by Gasteiger charge is -2.32. The number of nitrogens with one attached hydrogen (secondary N) is 2. The number of urea groups is 1. The van der Waals surface area contributed by atoms with Crippen LogP contribution in [0.5, 0.6) is 0 Å². The second-order valence-electron chi connectivity index (χ2n) is 7.90. The van der Waals surface area contributed by atoms with Crippen molar-refractivity contribution in [2.45, 2.75) is 38.2 Å². The zero-order chi connectivity index (χ0) is 20.5. The van der Waals surface area contributed by atoms with Crippen molar-refractivity contribution in [2.24, 2.45) is 5.92 Å². The molecule has 1 aromatic rings. The van der Waals surface area contributed by atoms with Crippen LogP contribution in [0.25, 0.3) is 0 Å². The lowest BCUT2D eigenvalue weighted by molar-refractivity contribution is 0.0937. The highest BCUT2D eigenvalue weighted by molar-refractivity contribution is 5.94. The van der Waals surface area contributed by atoms with E-state index in [0.29, 0.717) is 31.2 Å². The molecule has 2 aliphatic rings. The van der Waals surface area contributed by atoms with Gasteiger partial charge in [0.05, 0.1) is 12.7 Å². The molecule has 0 spiro atoms. The van der Waals surface area contributed by atoms with Gasteiger partial charge in [-0.3, -0.25) is 4.79 Å². The minimum absolute atomic E-state index is 0.0304. The number of amides is 3. The standard InChI is InChI=1S/C22H33N3O4/c1-28-14-10-23-21(26)19-6-4-17(5-7-19)15-18-8-11-25(12-9-18)22(27)24-16-20-3-2-13-29-20/h4-7,18,20H,2-3,8-16H2,1H3,(H,23,26)(H,24,27). The zero-order valence-corrected chi connectivity index (χ0v) is 17.3. The number of hydrogen-bond donors (Lipinski definition) is 2. The van der Waals surface area contributed by atoms with E-state index >= 15 is 0 Å². The van der Waals surface area contributed by atoms with Crippen LogP contribution in [-0.4, -0.2) is 69.4 Å². The van der Waals surface area contributed by atoms with Gasteiger partial charge in [0.15, 0.2) is 0 Å². The summed E-state index contributed by atoms with van der Waals surface area (Å²) in [7, 11) is 1.61. The molecule has 29 heavy (non-hydrogen) atoms. The Labute approximate surface area is 173 Å². The Hall–Kier alpha value is -2.12. The molecule has 0 saturated carbocycles. The van der Waals surface area contributed by atoms with Gasteiger partial charge in [-0.15, -0.1) is 0 Å². The number of hydrogen-bond acceptors (Lipinski definition) is 4. The highest BCUT2D eigenvalue weighted by Crippen LogP contribution is 2.22. The minimum Gasteiger partial charge on any atom is -0.383 e. The molecule has 160 valence electrons. The van der Waals surface area contributed by atoms with Crippen molar-refractivity contribution in [3.8, 4) is 0 Å². The fourth-order valence-electron chi connectivity index (χ4n) is 3.95. The van der Waals surface area contributed by atoms with Gasteiger partial charge in [0, 0.05) is 45.5 Å². The predicted molar refractivity (Wildman–Crippen MR) is 111 cm³/mol. The molecule has 2 aliphatic heterocycles. The molecule has 0 bridgehead atoms. The van der Waals surface area contributed by atoms with Crippen LogP contribution in [0.3, 0.4) is 0 Å². The number of likely N-dealkylation sites (tertiary alicyclic amines) is 1. The van der Waals surface area contributed by atoms with Gasteiger partial charge in [0.1, 0.15) is 0 Å². The van der Waals surface area contributed by atoms with Gasteiger partial charge in [-0.25, -0.2) is 4.79 Å². The molecule has 1 unspecified atom stereocenters. The maximum atomic E-state index is 12.3. The fraction of sp³-hybridized carbons (Fsp3) is 0.636. The molecule has 3 amide bonds. The number of rotatable bonds is 8. The molecule has 0 radical (unpaired) electrons. The summed E-state index contributed by atoms with van der Waals surface area (Å²) in [6, 6.07) is 7.86. The molecule has 1 aromatic carbocycles. The van der Waals surface area contributed by atoms with Crippen LogP contribution in [0, 0.1) is 5.92 Å². The highest BCUT2D eigenvalue weighted by Gasteiger charge is 2.24. The number of carbonyl (C=O) groups excluding carboxylic acids is 2. The van der Waals surface area contributed by atoms with E-state index in [4.69, 9.17) is 9.47 Å². The lowest BCUT2D eigenvalue weighted by Crippen LogP contribution is -2.46. The summed E-state index contributed by atoms with van der Waals surface area (Å²) in [5, 5.41) is 5.84. The van der Waals surface area contributed by atoms with E-state index in [1.807, 2.05) is 29.2 Å². The van der Waals surface area contributed by atoms with E-state index in [-0.39, 0.29) is 18.0 Å². The molecular formula is C22H33N3O4. The van der Waals surface area contributed by atoms with Gasteiger partial charge in [0.2, 0.25) is 0 Å². The van der Waals surface area contributed by atoms with E-state index in [0.717, 1.165) is 51.8 Å². The van der Waals surface area contributed by atoms with Crippen LogP contribution >= 0.6 is 0 Å². The Morgan fingerprint density at radius 2 is 1.90 bits per heavy atom. The normalized spacial score (nSPS) is 19.9. The number of nitrogens with zero attached hydrogens (tertiary/aromatic N) is 1. The Morgan fingerprint density at radius 3 is 2.55 bits per heavy atom. The number of carbonyl (C=O) groups is 2. The van der Waals surface area contributed by atoms with Crippen molar-refractivity contribution < 1.29 is 19.1 Å². The average molecular weight is 404 g/mol. The third-order valence-electron chi connectivity index (χ3n) is 5.74. The molecule has 2 N–H and O–H groups in total. The van der Waals surface area contributed by atoms with Crippen molar-refractivity contribution in [3.63, 3.8) is 0 Å². The van der Waals surface area contributed by atoms with Crippen LogP contribution in [0.2, 0.25) is 0 Å². The smallest absolute Gasteiger partial charge is 0.317 e. The molecule has 7 heteroatoms. The van der Waals surface area contributed by atoms with E-state index < -0.39 is 0 Å². The maximum Gasteiger partial charge on any atom is 0.317 e. The van der Waals surface area contributed by atoms with Crippen molar-refractivity contribution in [3.05, 3.63) is 35.4 Å². The molecule has 2 heterocycles. The summed E-state index contributed by atoms with van der Waals surface area (Å²) in [5.41, 5.74) is 1.90. The summed E-state index contributed by atoms with van der Waals surface area (Å²) < 4.78 is 10.5. The van der Waals surface area contributed by atoms with E-state index in [1.54, 1.807) is 7.11 Å². The van der Waals surface area contributed by atoms with Crippen LogP contribution in [0.1, 0.15) is 41.6 Å². The SMILES string of the molecule is COCCNC(=O)c1ccc(CC2CCN(C(=O)NCC3CCCO3)CC2)cc1. The van der Waals surface area contributed by atoms with Gasteiger partial charge in [-0.2, -0.15) is 0 Å². The monoisotopic (exact) mass is 403 g/mol. The van der Waals surface area contributed by atoms with E-state index in [2.05, 4.69) is 10.6 Å². The zero-order valence-electron chi connectivity index (χ0n) is 17.3. The first kappa shape index (κ1) is 21.6. The summed E-state index contributed by atoms with van der Waals surface area (Å²) in [4.78, 5) is 26.3. The number of piperidine rings is 1.